The SMILES string of the molecule is O=C(NCCc1ccccc1)c1cnc(NCCc2cccc(Cl)c2)nc1. The summed E-state index contributed by atoms with van der Waals surface area (Å²) in [4.78, 5) is 20.6. The minimum Gasteiger partial charge on any atom is -0.354 e. The molecule has 5 nitrogen and oxygen atoms in total. The molecule has 0 saturated heterocycles. The lowest BCUT2D eigenvalue weighted by Gasteiger charge is -2.07. The number of aromatic nitrogens is 2. The van der Waals surface area contributed by atoms with E-state index in [0.717, 1.165) is 23.4 Å². The second-order valence-electron chi connectivity index (χ2n) is 6.09. The first kappa shape index (κ1) is 18.9. The quantitative estimate of drug-likeness (QED) is 0.624. The number of carbonyl (C=O) groups is 1. The molecule has 3 aromatic rings. The van der Waals surface area contributed by atoms with Gasteiger partial charge >= 0.3 is 0 Å². The summed E-state index contributed by atoms with van der Waals surface area (Å²) in [5.74, 6) is 0.328. The molecule has 0 aliphatic rings. The van der Waals surface area contributed by atoms with Crippen molar-refractivity contribution in [2.75, 3.05) is 18.4 Å². The second kappa shape index (κ2) is 9.69. The molecule has 0 bridgehead atoms. The van der Waals surface area contributed by atoms with Crippen molar-refractivity contribution in [2.45, 2.75) is 12.8 Å². The molecule has 0 unspecified atom stereocenters. The van der Waals surface area contributed by atoms with Crippen LogP contribution in [0.3, 0.4) is 0 Å². The summed E-state index contributed by atoms with van der Waals surface area (Å²) in [6.07, 6.45) is 4.67. The van der Waals surface area contributed by atoms with Gasteiger partial charge in [-0.15, -0.1) is 0 Å². The van der Waals surface area contributed by atoms with E-state index in [4.69, 9.17) is 11.6 Å². The molecule has 2 aromatic carbocycles. The van der Waals surface area contributed by atoms with Crippen LogP contribution in [0.5, 0.6) is 0 Å². The number of benzene rings is 2. The summed E-state index contributed by atoms with van der Waals surface area (Å²) in [6, 6.07) is 17.8. The summed E-state index contributed by atoms with van der Waals surface area (Å²) in [5.41, 5.74) is 2.78. The van der Waals surface area contributed by atoms with E-state index in [-0.39, 0.29) is 5.91 Å². The van der Waals surface area contributed by atoms with E-state index < -0.39 is 0 Å². The number of hydrogen-bond acceptors (Lipinski definition) is 4. The minimum absolute atomic E-state index is 0.170. The fraction of sp³-hybridized carbons (Fsp3) is 0.190. The Bertz CT molecular complexity index is 869. The molecule has 138 valence electrons. The molecule has 27 heavy (non-hydrogen) atoms. The van der Waals surface area contributed by atoms with Gasteiger partial charge in [-0.1, -0.05) is 54.1 Å². The van der Waals surface area contributed by atoms with E-state index >= 15 is 0 Å². The third-order valence-electron chi connectivity index (χ3n) is 4.04. The van der Waals surface area contributed by atoms with Gasteiger partial charge in [-0.05, 0) is 36.1 Å². The molecule has 6 heteroatoms. The van der Waals surface area contributed by atoms with Gasteiger partial charge in [-0.25, -0.2) is 9.97 Å². The first-order valence-electron chi connectivity index (χ1n) is 8.83. The molecule has 0 atom stereocenters. The van der Waals surface area contributed by atoms with Gasteiger partial charge in [0.25, 0.3) is 5.91 Å². The van der Waals surface area contributed by atoms with E-state index in [1.165, 1.54) is 18.0 Å². The smallest absolute Gasteiger partial charge is 0.254 e. The number of carbonyl (C=O) groups excluding carboxylic acids is 1. The molecule has 0 saturated carbocycles. The summed E-state index contributed by atoms with van der Waals surface area (Å²) in [5, 5.41) is 6.76. The van der Waals surface area contributed by atoms with Gasteiger partial charge in [0.1, 0.15) is 0 Å². The second-order valence-corrected chi connectivity index (χ2v) is 6.53. The Morgan fingerprint density at radius 1 is 0.889 bits per heavy atom. The lowest BCUT2D eigenvalue weighted by Crippen LogP contribution is -2.26. The summed E-state index contributed by atoms with van der Waals surface area (Å²) >= 11 is 5.98. The predicted molar refractivity (Wildman–Crippen MR) is 108 cm³/mol. The van der Waals surface area contributed by atoms with Gasteiger partial charge < -0.3 is 10.6 Å². The van der Waals surface area contributed by atoms with Crippen LogP contribution in [0.15, 0.2) is 67.0 Å². The number of nitrogens with one attached hydrogen (secondary N) is 2. The molecule has 2 N–H and O–H groups in total. The molecule has 1 amide bonds. The monoisotopic (exact) mass is 380 g/mol. The molecule has 0 aliphatic heterocycles. The van der Waals surface area contributed by atoms with Gasteiger partial charge in [0.15, 0.2) is 0 Å². The first-order valence-corrected chi connectivity index (χ1v) is 9.21. The third kappa shape index (κ3) is 6.08. The lowest BCUT2D eigenvalue weighted by atomic mass is 10.1. The standard InChI is InChI=1S/C21H21ClN4O/c22-19-8-4-7-17(13-19)10-12-24-21-25-14-18(15-26-21)20(27)23-11-9-16-5-2-1-3-6-16/h1-8,13-15H,9-12H2,(H,23,27)(H,24,25,26). The Morgan fingerprint density at radius 3 is 2.33 bits per heavy atom. The van der Waals surface area contributed by atoms with Gasteiger partial charge in [-0.3, -0.25) is 4.79 Å². The Hall–Kier alpha value is -2.92. The van der Waals surface area contributed by atoms with Crippen LogP contribution < -0.4 is 10.6 Å². The van der Waals surface area contributed by atoms with Crippen molar-refractivity contribution in [1.82, 2.24) is 15.3 Å². The van der Waals surface area contributed by atoms with Gasteiger partial charge in [0.2, 0.25) is 5.95 Å². The van der Waals surface area contributed by atoms with E-state index in [1.807, 2.05) is 54.6 Å². The van der Waals surface area contributed by atoms with Crippen LogP contribution in [0.4, 0.5) is 5.95 Å². The fourth-order valence-electron chi connectivity index (χ4n) is 2.61. The normalized spacial score (nSPS) is 10.4. The zero-order valence-electron chi connectivity index (χ0n) is 14.9. The van der Waals surface area contributed by atoms with Gasteiger partial charge in [0, 0.05) is 30.5 Å². The van der Waals surface area contributed by atoms with E-state index in [1.54, 1.807) is 0 Å². The van der Waals surface area contributed by atoms with Crippen LogP contribution in [0.2, 0.25) is 5.02 Å². The predicted octanol–water partition coefficient (Wildman–Crippen LogP) is 3.76. The van der Waals surface area contributed by atoms with Crippen LogP contribution in [0, 0.1) is 0 Å². The van der Waals surface area contributed by atoms with Crippen molar-refractivity contribution < 1.29 is 4.79 Å². The first-order chi connectivity index (χ1) is 13.2. The third-order valence-corrected chi connectivity index (χ3v) is 4.28. The number of nitrogens with zero attached hydrogens (tertiary/aromatic N) is 2. The number of hydrogen-bond donors (Lipinski definition) is 2. The molecule has 0 aliphatic carbocycles. The molecule has 0 radical (unpaired) electrons. The maximum absolute atomic E-state index is 12.2. The minimum atomic E-state index is -0.170. The summed E-state index contributed by atoms with van der Waals surface area (Å²) in [7, 11) is 0. The van der Waals surface area contributed by atoms with Crippen molar-refractivity contribution in [1.29, 1.82) is 0 Å². The maximum atomic E-state index is 12.2. The molecule has 3 rings (SSSR count). The van der Waals surface area contributed by atoms with Crippen molar-refractivity contribution in [3.63, 3.8) is 0 Å². The van der Waals surface area contributed by atoms with Crippen LogP contribution >= 0.6 is 11.6 Å². The van der Waals surface area contributed by atoms with Gasteiger partial charge in [-0.2, -0.15) is 0 Å². The molecular formula is C21H21ClN4O. The van der Waals surface area contributed by atoms with Crippen molar-refractivity contribution in [3.8, 4) is 0 Å². The maximum Gasteiger partial charge on any atom is 0.254 e. The highest BCUT2D eigenvalue weighted by atomic mass is 35.5. The average Bonchev–Trinajstić information content (AvgIpc) is 2.69. The van der Waals surface area contributed by atoms with Gasteiger partial charge in [0.05, 0.1) is 5.56 Å². The van der Waals surface area contributed by atoms with Crippen molar-refractivity contribution >= 4 is 23.5 Å². The van der Waals surface area contributed by atoms with Crippen LogP contribution in [0.25, 0.3) is 0 Å². The molecular weight excluding hydrogens is 360 g/mol. The Balaban J connectivity index is 1.43. The van der Waals surface area contributed by atoms with E-state index in [0.29, 0.717) is 24.6 Å². The number of anilines is 1. The fourth-order valence-corrected chi connectivity index (χ4v) is 2.83. The van der Waals surface area contributed by atoms with Crippen molar-refractivity contribution in [3.05, 3.63) is 88.7 Å². The Labute approximate surface area is 163 Å². The lowest BCUT2D eigenvalue weighted by molar-refractivity contribution is 0.0953. The molecule has 1 aromatic heterocycles. The highest BCUT2D eigenvalue weighted by molar-refractivity contribution is 6.30. The topological polar surface area (TPSA) is 66.9 Å². The van der Waals surface area contributed by atoms with E-state index in [2.05, 4.69) is 20.6 Å². The highest BCUT2D eigenvalue weighted by Crippen LogP contribution is 2.11. The summed E-state index contributed by atoms with van der Waals surface area (Å²) < 4.78 is 0. The number of rotatable bonds is 8. The average molecular weight is 381 g/mol. The summed E-state index contributed by atoms with van der Waals surface area (Å²) in [6.45, 7) is 1.26. The Kier molecular flexibility index (Phi) is 6.77. The molecule has 0 fully saturated rings. The number of amides is 1. The van der Waals surface area contributed by atoms with Crippen LogP contribution in [-0.2, 0) is 12.8 Å². The zero-order chi connectivity index (χ0) is 18.9. The van der Waals surface area contributed by atoms with Crippen molar-refractivity contribution in [2.24, 2.45) is 0 Å². The zero-order valence-corrected chi connectivity index (χ0v) is 15.6. The van der Waals surface area contributed by atoms with Crippen LogP contribution in [-0.4, -0.2) is 29.0 Å². The van der Waals surface area contributed by atoms with Crippen LogP contribution in [0.1, 0.15) is 21.5 Å². The molecule has 0 spiro atoms. The molecule has 1 heterocycles. The van der Waals surface area contributed by atoms with E-state index in [9.17, 15) is 4.79 Å². The Morgan fingerprint density at radius 2 is 1.59 bits per heavy atom. The highest BCUT2D eigenvalue weighted by Gasteiger charge is 2.06. The number of halogens is 1. The largest absolute Gasteiger partial charge is 0.354 e.